The van der Waals surface area contributed by atoms with Crippen LogP contribution in [0, 0.1) is 0 Å². The lowest BCUT2D eigenvalue weighted by Crippen LogP contribution is -2.15. The van der Waals surface area contributed by atoms with Crippen LogP contribution in [0.1, 0.15) is 107 Å². The standard InChI is InChI=1S/C37H64O10/c1-2-3-4-5-6-7-8-9-10-11-12-13-14-15-37(39)47-33-31-45-29-27-43-25-23-41-21-20-40-22-24-42-26-28-44-30-32-46-36-18-16-35(34-38)17-19-36/h16-19,34H,2-15,20-33H2,1H3. The number of hydrogen-bond donors (Lipinski definition) is 0. The SMILES string of the molecule is CCCCCCCCCCCCCCCC(=O)OCCOCCOCCOCCOCCOCCOCCOc1ccc(C=O)cc1. The van der Waals surface area contributed by atoms with Crippen LogP contribution in [-0.4, -0.2) is 105 Å². The maximum absolute atomic E-state index is 11.8. The van der Waals surface area contributed by atoms with Crippen molar-refractivity contribution in [1.29, 1.82) is 0 Å². The maximum atomic E-state index is 11.8. The van der Waals surface area contributed by atoms with Gasteiger partial charge in [-0.3, -0.25) is 9.59 Å². The number of esters is 1. The zero-order chi connectivity index (χ0) is 33.7. The Hall–Kier alpha value is -2.08. The van der Waals surface area contributed by atoms with Crippen molar-refractivity contribution in [2.45, 2.75) is 96.8 Å². The number of ether oxygens (including phenoxy) is 8. The summed E-state index contributed by atoms with van der Waals surface area (Å²) in [6.07, 6.45) is 18.1. The van der Waals surface area contributed by atoms with Gasteiger partial charge in [0, 0.05) is 12.0 Å². The van der Waals surface area contributed by atoms with E-state index < -0.39 is 0 Å². The Balaban J connectivity index is 1.68. The lowest BCUT2D eigenvalue weighted by atomic mass is 10.0. The summed E-state index contributed by atoms with van der Waals surface area (Å²) >= 11 is 0. The summed E-state index contributed by atoms with van der Waals surface area (Å²) in [6.45, 7) is 8.65. The van der Waals surface area contributed by atoms with Gasteiger partial charge in [0.25, 0.3) is 0 Å². The molecule has 0 unspecified atom stereocenters. The van der Waals surface area contributed by atoms with Crippen molar-refractivity contribution in [3.8, 4) is 5.75 Å². The van der Waals surface area contributed by atoms with E-state index in [0.717, 1.165) is 19.1 Å². The molecule has 10 heteroatoms. The summed E-state index contributed by atoms with van der Waals surface area (Å²) in [4.78, 5) is 22.5. The van der Waals surface area contributed by atoms with Gasteiger partial charge in [0.05, 0.1) is 79.3 Å². The van der Waals surface area contributed by atoms with E-state index in [4.69, 9.17) is 37.9 Å². The van der Waals surface area contributed by atoms with Crippen molar-refractivity contribution < 1.29 is 47.5 Å². The van der Waals surface area contributed by atoms with Gasteiger partial charge in [-0.15, -0.1) is 0 Å². The van der Waals surface area contributed by atoms with Crippen LogP contribution in [0.4, 0.5) is 0 Å². The van der Waals surface area contributed by atoms with Crippen LogP contribution >= 0.6 is 0 Å². The van der Waals surface area contributed by atoms with Crippen LogP contribution in [0.5, 0.6) is 5.75 Å². The third kappa shape index (κ3) is 31.0. The molecule has 10 nitrogen and oxygen atoms in total. The molecule has 0 heterocycles. The lowest BCUT2D eigenvalue weighted by Gasteiger charge is -2.09. The highest BCUT2D eigenvalue weighted by molar-refractivity contribution is 5.74. The maximum Gasteiger partial charge on any atom is 0.305 e. The summed E-state index contributed by atoms with van der Waals surface area (Å²) in [5.74, 6) is 0.572. The van der Waals surface area contributed by atoms with E-state index >= 15 is 0 Å². The van der Waals surface area contributed by atoms with E-state index in [2.05, 4.69) is 6.92 Å². The van der Waals surface area contributed by atoms with E-state index in [0.29, 0.717) is 104 Å². The van der Waals surface area contributed by atoms with Gasteiger partial charge >= 0.3 is 5.97 Å². The predicted molar refractivity (Wildman–Crippen MR) is 184 cm³/mol. The number of carbonyl (C=O) groups is 2. The fourth-order valence-electron chi connectivity index (χ4n) is 4.64. The van der Waals surface area contributed by atoms with Crippen molar-refractivity contribution in [1.82, 2.24) is 0 Å². The van der Waals surface area contributed by atoms with E-state index in [9.17, 15) is 9.59 Å². The van der Waals surface area contributed by atoms with Crippen LogP contribution in [0.2, 0.25) is 0 Å². The first-order valence-corrected chi connectivity index (χ1v) is 18.1. The molecule has 0 bridgehead atoms. The number of benzene rings is 1. The molecule has 0 N–H and O–H groups in total. The quantitative estimate of drug-likeness (QED) is 0.0418. The van der Waals surface area contributed by atoms with Crippen molar-refractivity contribution in [3.05, 3.63) is 29.8 Å². The molecule has 1 aromatic rings. The Morgan fingerprint density at radius 1 is 0.489 bits per heavy atom. The second-order valence-corrected chi connectivity index (χ2v) is 11.4. The van der Waals surface area contributed by atoms with E-state index in [1.165, 1.54) is 70.6 Å². The molecule has 1 aromatic carbocycles. The first-order chi connectivity index (χ1) is 23.3. The monoisotopic (exact) mass is 668 g/mol. The summed E-state index contributed by atoms with van der Waals surface area (Å²) in [6, 6.07) is 6.94. The molecule has 0 atom stereocenters. The van der Waals surface area contributed by atoms with E-state index in [1.54, 1.807) is 24.3 Å². The predicted octanol–water partition coefficient (Wildman–Crippen LogP) is 7.00. The molecule has 0 aliphatic rings. The summed E-state index contributed by atoms with van der Waals surface area (Å²) < 4.78 is 43.6. The normalized spacial score (nSPS) is 11.2. The average molecular weight is 669 g/mol. The molecule has 47 heavy (non-hydrogen) atoms. The van der Waals surface area contributed by atoms with Crippen LogP contribution in [0.15, 0.2) is 24.3 Å². The van der Waals surface area contributed by atoms with Gasteiger partial charge in [0.15, 0.2) is 0 Å². The molecule has 0 fully saturated rings. The molecule has 0 aliphatic heterocycles. The molecule has 0 saturated carbocycles. The Morgan fingerprint density at radius 2 is 0.851 bits per heavy atom. The molecule has 1 rings (SSSR count). The van der Waals surface area contributed by atoms with Crippen molar-refractivity contribution in [2.75, 3.05) is 92.5 Å². The summed E-state index contributed by atoms with van der Waals surface area (Å²) in [5.41, 5.74) is 0.619. The first kappa shape index (κ1) is 42.9. The zero-order valence-electron chi connectivity index (χ0n) is 29.3. The minimum absolute atomic E-state index is 0.133. The van der Waals surface area contributed by atoms with Gasteiger partial charge in [-0.2, -0.15) is 0 Å². The minimum atomic E-state index is -0.133. The Kier molecular flexibility index (Phi) is 32.2. The highest BCUT2D eigenvalue weighted by atomic mass is 16.6. The fraction of sp³-hybridized carbons (Fsp3) is 0.784. The highest BCUT2D eigenvalue weighted by Crippen LogP contribution is 2.13. The fourth-order valence-corrected chi connectivity index (χ4v) is 4.64. The molecule has 0 spiro atoms. The Morgan fingerprint density at radius 3 is 1.26 bits per heavy atom. The smallest absolute Gasteiger partial charge is 0.305 e. The second-order valence-electron chi connectivity index (χ2n) is 11.4. The topological polar surface area (TPSA) is 108 Å². The summed E-state index contributed by atoms with van der Waals surface area (Å²) in [7, 11) is 0. The molecular formula is C37H64O10. The third-order valence-electron chi connectivity index (χ3n) is 7.35. The molecule has 0 saturated heterocycles. The molecular weight excluding hydrogens is 604 g/mol. The number of carbonyl (C=O) groups excluding carboxylic acids is 2. The van der Waals surface area contributed by atoms with Crippen LogP contribution in [-0.2, 0) is 38.0 Å². The Bertz CT molecular complexity index is 805. The van der Waals surface area contributed by atoms with E-state index in [1.807, 2.05) is 0 Å². The van der Waals surface area contributed by atoms with Gasteiger partial charge in [-0.1, -0.05) is 84.0 Å². The number of hydrogen-bond acceptors (Lipinski definition) is 10. The van der Waals surface area contributed by atoms with Gasteiger partial charge in [-0.25, -0.2) is 0 Å². The van der Waals surface area contributed by atoms with Crippen molar-refractivity contribution in [2.24, 2.45) is 0 Å². The zero-order valence-corrected chi connectivity index (χ0v) is 29.3. The largest absolute Gasteiger partial charge is 0.491 e. The minimum Gasteiger partial charge on any atom is -0.491 e. The molecule has 0 amide bonds. The number of unbranched alkanes of at least 4 members (excludes halogenated alkanes) is 12. The Labute approximate surface area is 284 Å². The van der Waals surface area contributed by atoms with Crippen LogP contribution in [0.3, 0.4) is 0 Å². The van der Waals surface area contributed by atoms with E-state index in [-0.39, 0.29) is 12.6 Å². The van der Waals surface area contributed by atoms with Crippen LogP contribution in [0.25, 0.3) is 0 Å². The average Bonchev–Trinajstić information content (AvgIpc) is 3.09. The van der Waals surface area contributed by atoms with Gasteiger partial charge < -0.3 is 37.9 Å². The molecule has 0 aromatic heterocycles. The van der Waals surface area contributed by atoms with Crippen molar-refractivity contribution in [3.63, 3.8) is 0 Å². The molecule has 272 valence electrons. The number of rotatable bonds is 37. The van der Waals surface area contributed by atoms with Crippen molar-refractivity contribution >= 4 is 12.3 Å². The van der Waals surface area contributed by atoms with Gasteiger partial charge in [0.2, 0.25) is 0 Å². The second kappa shape index (κ2) is 35.2. The third-order valence-corrected chi connectivity index (χ3v) is 7.35. The summed E-state index contributed by atoms with van der Waals surface area (Å²) in [5, 5.41) is 0. The molecule has 0 aliphatic carbocycles. The van der Waals surface area contributed by atoms with Gasteiger partial charge in [-0.05, 0) is 30.7 Å². The molecule has 0 radical (unpaired) electrons. The van der Waals surface area contributed by atoms with Gasteiger partial charge in [0.1, 0.15) is 25.2 Å². The lowest BCUT2D eigenvalue weighted by molar-refractivity contribution is -0.145. The number of aldehydes is 1. The highest BCUT2D eigenvalue weighted by Gasteiger charge is 2.03. The van der Waals surface area contributed by atoms with Crippen LogP contribution < -0.4 is 4.74 Å². The first-order valence-electron chi connectivity index (χ1n) is 18.1.